The second-order valence-electron chi connectivity index (χ2n) is 3.89. The highest BCUT2D eigenvalue weighted by atomic mass is 16.5. The minimum atomic E-state index is -0.771. The van der Waals surface area contributed by atoms with Crippen molar-refractivity contribution in [3.8, 4) is 6.07 Å². The van der Waals surface area contributed by atoms with Crippen LogP contribution < -0.4 is 0 Å². The molecule has 0 amide bonds. The summed E-state index contributed by atoms with van der Waals surface area (Å²) in [4.78, 5) is 11.4. The van der Waals surface area contributed by atoms with Gasteiger partial charge in [-0.3, -0.25) is 0 Å². The predicted octanol–water partition coefficient (Wildman–Crippen LogP) is 1.79. The lowest BCUT2D eigenvalue weighted by Gasteiger charge is -2.03. The van der Waals surface area contributed by atoms with Gasteiger partial charge in [0, 0.05) is 12.5 Å². The summed E-state index contributed by atoms with van der Waals surface area (Å²) in [6.07, 6.45) is 5.41. The highest BCUT2D eigenvalue weighted by Crippen LogP contribution is 2.24. The Hall–Kier alpha value is -2.08. The van der Waals surface area contributed by atoms with Gasteiger partial charge in [-0.25, -0.2) is 4.79 Å². The number of ether oxygens (including phenoxy) is 1. The normalized spacial score (nSPS) is 21.6. The Morgan fingerprint density at radius 3 is 3.06 bits per heavy atom. The first-order valence-corrected chi connectivity index (χ1v) is 5.64. The summed E-state index contributed by atoms with van der Waals surface area (Å²) in [5.74, 6) is -0.571. The smallest absolute Gasteiger partial charge is 0.332 e. The first-order valence-electron chi connectivity index (χ1n) is 5.64. The minimum Gasteiger partial charge on any atom is -0.444 e. The van der Waals surface area contributed by atoms with Crippen LogP contribution in [0.1, 0.15) is 20.3 Å². The topological polar surface area (TPSA) is 70.3 Å². The van der Waals surface area contributed by atoms with Gasteiger partial charge in [0.1, 0.15) is 6.07 Å². The van der Waals surface area contributed by atoms with E-state index < -0.39 is 18.2 Å². The maximum absolute atomic E-state index is 11.4. The maximum Gasteiger partial charge on any atom is 0.332 e. The van der Waals surface area contributed by atoms with E-state index in [2.05, 4.69) is 5.73 Å². The molecule has 2 atom stereocenters. The summed E-state index contributed by atoms with van der Waals surface area (Å²) >= 11 is 0. The van der Waals surface area contributed by atoms with Gasteiger partial charge in [0.2, 0.25) is 0 Å². The van der Waals surface area contributed by atoms with Crippen LogP contribution >= 0.6 is 0 Å². The van der Waals surface area contributed by atoms with Crippen LogP contribution in [0.2, 0.25) is 0 Å². The Morgan fingerprint density at radius 2 is 2.44 bits per heavy atom. The molecule has 0 unspecified atom stereocenters. The van der Waals surface area contributed by atoms with Gasteiger partial charge in [-0.1, -0.05) is 6.08 Å². The van der Waals surface area contributed by atoms with Crippen molar-refractivity contribution in [2.45, 2.75) is 32.5 Å². The van der Waals surface area contributed by atoms with Gasteiger partial charge >= 0.3 is 5.97 Å². The average molecular weight is 245 g/mol. The van der Waals surface area contributed by atoms with Crippen LogP contribution in [0, 0.1) is 11.3 Å². The summed E-state index contributed by atoms with van der Waals surface area (Å²) in [5.41, 5.74) is 4.26. The zero-order valence-electron chi connectivity index (χ0n) is 10.4. The van der Waals surface area contributed by atoms with E-state index in [1.54, 1.807) is 18.2 Å². The first-order chi connectivity index (χ1) is 8.56. The van der Waals surface area contributed by atoms with Crippen LogP contribution in [0.15, 0.2) is 41.2 Å². The summed E-state index contributed by atoms with van der Waals surface area (Å²) in [6.45, 7) is 3.33. The summed E-state index contributed by atoms with van der Waals surface area (Å²) in [7, 11) is 0. The highest BCUT2D eigenvalue weighted by molar-refractivity contribution is 5.84. The van der Waals surface area contributed by atoms with Crippen LogP contribution in [0.3, 0.4) is 0 Å². The van der Waals surface area contributed by atoms with E-state index in [1.807, 2.05) is 13.0 Å². The number of nitrogens with zero attached hydrogens (tertiary/aromatic N) is 1. The number of hydrogen-bond donors (Lipinski definition) is 1. The molecule has 0 saturated heterocycles. The number of rotatable bonds is 3. The van der Waals surface area contributed by atoms with Gasteiger partial charge in [0.25, 0.3) is 0 Å². The van der Waals surface area contributed by atoms with Crippen LogP contribution in [-0.4, -0.2) is 23.3 Å². The van der Waals surface area contributed by atoms with Gasteiger partial charge in [0.15, 0.2) is 6.10 Å². The number of aliphatic hydroxyl groups is 1. The third kappa shape index (κ3) is 4.06. The van der Waals surface area contributed by atoms with Crippen LogP contribution in [0.5, 0.6) is 0 Å². The SMILES string of the molecule is CC=C=CC1=C/C(=C/C(=O)O[C@@H](C)C#N)C[C@@H]1O. The molecule has 1 N–H and O–H groups in total. The number of esters is 1. The summed E-state index contributed by atoms with van der Waals surface area (Å²) < 4.78 is 4.79. The zero-order chi connectivity index (χ0) is 13.5. The van der Waals surface area contributed by atoms with Crippen LogP contribution in [0.4, 0.5) is 0 Å². The molecule has 0 fully saturated rings. The number of allylic oxidation sites excluding steroid dienone is 1. The molecule has 18 heavy (non-hydrogen) atoms. The van der Waals surface area contributed by atoms with E-state index in [0.29, 0.717) is 17.6 Å². The number of hydrogen-bond acceptors (Lipinski definition) is 4. The van der Waals surface area contributed by atoms with E-state index in [4.69, 9.17) is 10.00 Å². The molecule has 0 aromatic carbocycles. The fraction of sp³-hybridized carbons (Fsp3) is 0.357. The third-order valence-electron chi connectivity index (χ3n) is 2.36. The van der Waals surface area contributed by atoms with Crippen LogP contribution in [0.25, 0.3) is 0 Å². The molecular weight excluding hydrogens is 230 g/mol. The van der Waals surface area contributed by atoms with Gasteiger partial charge < -0.3 is 9.84 Å². The van der Waals surface area contributed by atoms with Crippen molar-refractivity contribution < 1.29 is 14.6 Å². The molecule has 1 aliphatic carbocycles. The van der Waals surface area contributed by atoms with Crippen molar-refractivity contribution in [1.82, 2.24) is 0 Å². The quantitative estimate of drug-likeness (QED) is 0.467. The first kappa shape index (κ1) is 14.0. The van der Waals surface area contributed by atoms with Gasteiger partial charge in [-0.15, -0.1) is 5.73 Å². The summed E-state index contributed by atoms with van der Waals surface area (Å²) in [5, 5.41) is 18.2. The van der Waals surface area contributed by atoms with Crippen molar-refractivity contribution in [2.75, 3.05) is 0 Å². The Kier molecular flexibility index (Phi) is 5.13. The zero-order valence-corrected chi connectivity index (χ0v) is 10.4. The van der Waals surface area contributed by atoms with E-state index in [0.717, 1.165) is 0 Å². The molecular formula is C14H15NO3. The van der Waals surface area contributed by atoms with E-state index in [1.165, 1.54) is 13.0 Å². The Balaban J connectivity index is 2.75. The lowest BCUT2D eigenvalue weighted by atomic mass is 10.2. The minimum absolute atomic E-state index is 0.368. The van der Waals surface area contributed by atoms with E-state index in [-0.39, 0.29) is 0 Å². The fourth-order valence-electron chi connectivity index (χ4n) is 1.51. The molecule has 0 radical (unpaired) electrons. The lowest BCUT2D eigenvalue weighted by molar-refractivity contribution is -0.139. The summed E-state index contributed by atoms with van der Waals surface area (Å²) in [6, 6.07) is 1.81. The molecule has 0 aromatic heterocycles. The van der Waals surface area contributed by atoms with E-state index >= 15 is 0 Å². The Morgan fingerprint density at radius 1 is 1.72 bits per heavy atom. The number of carbonyl (C=O) groups excluding carboxylic acids is 1. The highest BCUT2D eigenvalue weighted by Gasteiger charge is 2.19. The van der Waals surface area contributed by atoms with Crippen molar-refractivity contribution in [3.63, 3.8) is 0 Å². The standard InChI is InChI=1S/C14H15NO3/c1-3-4-5-12-6-11(7-13(12)16)8-14(17)18-10(2)9-15/h3,5-6,8,10,13,16H,7H2,1-2H3/b11-8-/t4?,10-,13-/m0/s1. The number of aliphatic hydroxyl groups excluding tert-OH is 1. The van der Waals surface area contributed by atoms with E-state index in [9.17, 15) is 9.90 Å². The van der Waals surface area contributed by atoms with Crippen molar-refractivity contribution >= 4 is 5.97 Å². The maximum atomic E-state index is 11.4. The predicted molar refractivity (Wildman–Crippen MR) is 66.3 cm³/mol. The molecule has 0 aliphatic heterocycles. The van der Waals surface area contributed by atoms with Gasteiger partial charge in [-0.05, 0) is 37.1 Å². The molecule has 94 valence electrons. The number of nitriles is 1. The molecule has 1 rings (SSSR count). The molecule has 0 saturated carbocycles. The molecule has 4 heteroatoms. The Labute approximate surface area is 106 Å². The molecule has 0 spiro atoms. The molecule has 0 aromatic rings. The van der Waals surface area contributed by atoms with Crippen molar-refractivity contribution in [3.05, 3.63) is 41.2 Å². The van der Waals surface area contributed by atoms with Crippen LogP contribution in [-0.2, 0) is 9.53 Å². The largest absolute Gasteiger partial charge is 0.444 e. The van der Waals surface area contributed by atoms with Crippen molar-refractivity contribution in [2.24, 2.45) is 0 Å². The molecule has 4 nitrogen and oxygen atoms in total. The molecule has 0 heterocycles. The second kappa shape index (κ2) is 6.61. The molecule has 1 aliphatic rings. The average Bonchev–Trinajstić information content (AvgIpc) is 2.66. The van der Waals surface area contributed by atoms with Gasteiger partial charge in [0.05, 0.1) is 6.10 Å². The monoisotopic (exact) mass is 245 g/mol. The fourth-order valence-corrected chi connectivity index (χ4v) is 1.51. The second-order valence-corrected chi connectivity index (χ2v) is 3.89. The molecule has 0 bridgehead atoms. The van der Waals surface area contributed by atoms with Gasteiger partial charge in [-0.2, -0.15) is 5.26 Å². The van der Waals surface area contributed by atoms with Crippen molar-refractivity contribution in [1.29, 1.82) is 5.26 Å². The lowest BCUT2D eigenvalue weighted by Crippen LogP contribution is -2.11. The Bertz CT molecular complexity index is 488. The third-order valence-corrected chi connectivity index (χ3v) is 2.36. The number of carbonyl (C=O) groups is 1.